The minimum atomic E-state index is 0.455. The number of rotatable bonds is 4. The van der Waals surface area contributed by atoms with Crippen molar-refractivity contribution < 1.29 is 4.74 Å². The van der Waals surface area contributed by atoms with E-state index in [1.165, 1.54) is 32.2 Å². The van der Waals surface area contributed by atoms with Crippen LogP contribution in [0.2, 0.25) is 0 Å². The minimum Gasteiger partial charge on any atom is -0.384 e. The predicted molar refractivity (Wildman–Crippen MR) is 61.8 cm³/mol. The molecule has 2 aliphatic heterocycles. The number of nitrogens with two attached hydrogens (primary N) is 1. The van der Waals surface area contributed by atoms with Gasteiger partial charge in [0, 0.05) is 38.4 Å². The van der Waals surface area contributed by atoms with Gasteiger partial charge < -0.3 is 10.5 Å². The Morgan fingerprint density at radius 1 is 1.33 bits per heavy atom. The molecule has 0 saturated carbocycles. The summed E-state index contributed by atoms with van der Waals surface area (Å²) in [7, 11) is 1.79. The highest BCUT2D eigenvalue weighted by molar-refractivity contribution is 4.96. The van der Waals surface area contributed by atoms with E-state index in [4.69, 9.17) is 10.5 Å². The van der Waals surface area contributed by atoms with Crippen LogP contribution in [0.4, 0.5) is 0 Å². The molecule has 3 heteroatoms. The van der Waals surface area contributed by atoms with E-state index in [0.717, 1.165) is 18.7 Å². The third-order valence-corrected chi connectivity index (χ3v) is 3.89. The maximum Gasteiger partial charge on any atom is 0.0500 e. The summed E-state index contributed by atoms with van der Waals surface area (Å²) in [6, 6.07) is 1.98. The molecule has 2 saturated heterocycles. The molecule has 2 bridgehead atoms. The Kier molecular flexibility index (Phi) is 3.65. The first-order valence-corrected chi connectivity index (χ1v) is 6.21. The summed E-state index contributed by atoms with van der Waals surface area (Å²) in [5, 5.41) is 0. The summed E-state index contributed by atoms with van der Waals surface area (Å²) in [4.78, 5) is 2.69. The molecule has 0 aromatic heterocycles. The average Bonchev–Trinajstić information content (AvgIpc) is 2.44. The van der Waals surface area contributed by atoms with Gasteiger partial charge in [-0.05, 0) is 31.6 Å². The van der Waals surface area contributed by atoms with Crippen molar-refractivity contribution in [2.45, 2.75) is 50.7 Å². The monoisotopic (exact) mass is 212 g/mol. The second kappa shape index (κ2) is 4.81. The second-order valence-corrected chi connectivity index (χ2v) is 5.37. The fourth-order valence-electron chi connectivity index (χ4n) is 3.31. The van der Waals surface area contributed by atoms with E-state index in [0.29, 0.717) is 12.0 Å². The van der Waals surface area contributed by atoms with Gasteiger partial charge >= 0.3 is 0 Å². The highest BCUT2D eigenvalue weighted by Gasteiger charge is 2.39. The van der Waals surface area contributed by atoms with Crippen molar-refractivity contribution in [1.29, 1.82) is 0 Å². The van der Waals surface area contributed by atoms with Crippen molar-refractivity contribution in [1.82, 2.24) is 4.90 Å². The van der Waals surface area contributed by atoms with Gasteiger partial charge in [0.15, 0.2) is 0 Å². The summed E-state index contributed by atoms with van der Waals surface area (Å²) in [6.07, 6.45) is 5.13. The zero-order valence-corrected chi connectivity index (χ0v) is 9.98. The molecular weight excluding hydrogens is 188 g/mol. The van der Waals surface area contributed by atoms with Gasteiger partial charge in [0.2, 0.25) is 0 Å². The van der Waals surface area contributed by atoms with Gasteiger partial charge in [0.25, 0.3) is 0 Å². The lowest BCUT2D eigenvalue weighted by atomic mass is 9.97. The van der Waals surface area contributed by atoms with Crippen LogP contribution in [0.5, 0.6) is 0 Å². The van der Waals surface area contributed by atoms with E-state index >= 15 is 0 Å². The van der Waals surface area contributed by atoms with Crippen LogP contribution >= 0.6 is 0 Å². The summed E-state index contributed by atoms with van der Waals surface area (Å²) >= 11 is 0. The Hall–Kier alpha value is -0.120. The van der Waals surface area contributed by atoms with Crippen LogP contribution in [0.15, 0.2) is 0 Å². The third kappa shape index (κ3) is 2.52. The van der Waals surface area contributed by atoms with Crippen molar-refractivity contribution in [3.05, 3.63) is 0 Å². The molecule has 2 N–H and O–H groups in total. The number of nitrogens with zero attached hydrogens (tertiary/aromatic N) is 1. The molecule has 2 rings (SSSR count). The van der Waals surface area contributed by atoms with Crippen molar-refractivity contribution in [3.8, 4) is 0 Å². The highest BCUT2D eigenvalue weighted by Crippen LogP contribution is 2.35. The van der Waals surface area contributed by atoms with E-state index in [1.54, 1.807) is 7.11 Å². The van der Waals surface area contributed by atoms with Crippen LogP contribution < -0.4 is 5.73 Å². The molecule has 0 amide bonds. The van der Waals surface area contributed by atoms with Crippen LogP contribution in [0, 0.1) is 5.92 Å². The molecule has 0 aromatic rings. The first kappa shape index (κ1) is 11.4. The second-order valence-electron chi connectivity index (χ2n) is 5.37. The predicted octanol–water partition coefficient (Wildman–Crippen LogP) is 1.22. The van der Waals surface area contributed by atoms with Crippen molar-refractivity contribution in [2.24, 2.45) is 11.7 Å². The van der Waals surface area contributed by atoms with E-state index < -0.39 is 0 Å². The molecule has 3 unspecified atom stereocenters. The summed E-state index contributed by atoms with van der Waals surface area (Å²) in [5.41, 5.74) is 6.06. The molecule has 2 aliphatic rings. The van der Waals surface area contributed by atoms with Gasteiger partial charge in [-0.2, -0.15) is 0 Å². The number of ether oxygens (including phenoxy) is 1. The molecule has 15 heavy (non-hydrogen) atoms. The maximum atomic E-state index is 6.06. The molecule has 3 nitrogen and oxygen atoms in total. The highest BCUT2D eigenvalue weighted by atomic mass is 16.5. The number of hydrogen-bond donors (Lipinski definition) is 1. The number of hydrogen-bond acceptors (Lipinski definition) is 3. The average molecular weight is 212 g/mol. The first-order valence-electron chi connectivity index (χ1n) is 6.21. The number of piperidine rings is 1. The molecule has 2 heterocycles. The first-order chi connectivity index (χ1) is 7.20. The molecule has 88 valence electrons. The van der Waals surface area contributed by atoms with E-state index in [-0.39, 0.29) is 0 Å². The van der Waals surface area contributed by atoms with E-state index in [1.807, 2.05) is 0 Å². The Balaban J connectivity index is 1.88. The topological polar surface area (TPSA) is 38.5 Å². The molecule has 0 radical (unpaired) electrons. The van der Waals surface area contributed by atoms with Gasteiger partial charge in [0.1, 0.15) is 0 Å². The standard InChI is InChI=1S/C12H24N2O/c1-9(8-15-2)7-14-11-3-4-12(14)6-10(13)5-11/h9-12H,3-8,13H2,1-2H3. The van der Waals surface area contributed by atoms with Gasteiger partial charge in [-0.1, -0.05) is 6.92 Å². The lowest BCUT2D eigenvalue weighted by Crippen LogP contribution is -2.49. The molecule has 0 aromatic carbocycles. The molecule has 0 aliphatic carbocycles. The minimum absolute atomic E-state index is 0.455. The Bertz CT molecular complexity index is 196. The molecule has 3 atom stereocenters. The van der Waals surface area contributed by atoms with Crippen molar-refractivity contribution in [2.75, 3.05) is 20.3 Å². The van der Waals surface area contributed by atoms with Crippen molar-refractivity contribution >= 4 is 0 Å². The van der Waals surface area contributed by atoms with E-state index in [2.05, 4.69) is 11.8 Å². The van der Waals surface area contributed by atoms with Gasteiger partial charge in [-0.3, -0.25) is 4.90 Å². The maximum absolute atomic E-state index is 6.06. The third-order valence-electron chi connectivity index (χ3n) is 3.89. The fraction of sp³-hybridized carbons (Fsp3) is 1.00. The Morgan fingerprint density at radius 3 is 2.47 bits per heavy atom. The van der Waals surface area contributed by atoms with Crippen molar-refractivity contribution in [3.63, 3.8) is 0 Å². The normalized spacial score (nSPS) is 38.2. The largest absolute Gasteiger partial charge is 0.384 e. The summed E-state index contributed by atoms with van der Waals surface area (Å²) in [5.74, 6) is 0.646. The molecule has 0 spiro atoms. The quantitative estimate of drug-likeness (QED) is 0.761. The van der Waals surface area contributed by atoms with Gasteiger partial charge in [0.05, 0.1) is 0 Å². The SMILES string of the molecule is COCC(C)CN1C2CCC1CC(N)C2. The van der Waals surface area contributed by atoms with Gasteiger partial charge in [-0.25, -0.2) is 0 Å². The van der Waals surface area contributed by atoms with Crippen LogP contribution in [-0.4, -0.2) is 43.3 Å². The van der Waals surface area contributed by atoms with Crippen LogP contribution in [0.1, 0.15) is 32.6 Å². The number of methoxy groups -OCH3 is 1. The van der Waals surface area contributed by atoms with Crippen LogP contribution in [0.25, 0.3) is 0 Å². The summed E-state index contributed by atoms with van der Waals surface area (Å²) in [6.45, 7) is 4.34. The smallest absolute Gasteiger partial charge is 0.0500 e. The summed E-state index contributed by atoms with van der Waals surface area (Å²) < 4.78 is 5.21. The molecule has 2 fully saturated rings. The van der Waals surface area contributed by atoms with E-state index in [9.17, 15) is 0 Å². The number of fused-ring (bicyclic) bond motifs is 2. The Labute approximate surface area is 93.0 Å². The fourth-order valence-corrected chi connectivity index (χ4v) is 3.31. The van der Waals surface area contributed by atoms with Gasteiger partial charge in [-0.15, -0.1) is 0 Å². The Morgan fingerprint density at radius 2 is 1.93 bits per heavy atom. The lowest BCUT2D eigenvalue weighted by Gasteiger charge is -2.39. The zero-order chi connectivity index (χ0) is 10.8. The molecular formula is C12H24N2O. The van der Waals surface area contributed by atoms with Crippen LogP contribution in [-0.2, 0) is 4.74 Å². The van der Waals surface area contributed by atoms with Crippen LogP contribution in [0.3, 0.4) is 0 Å². The zero-order valence-electron chi connectivity index (χ0n) is 9.98. The lowest BCUT2D eigenvalue weighted by molar-refractivity contribution is 0.0787.